The quantitative estimate of drug-likeness (QED) is 0.841. The molecule has 2 aromatic heterocycles. The lowest BCUT2D eigenvalue weighted by Gasteiger charge is -2.27. The summed E-state index contributed by atoms with van der Waals surface area (Å²) in [7, 11) is -1.14. The summed E-state index contributed by atoms with van der Waals surface area (Å²) in [5.74, 6) is 0.208. The molecule has 1 fully saturated rings. The summed E-state index contributed by atoms with van der Waals surface area (Å²) in [5, 5.41) is 5.35. The molecule has 1 aliphatic rings. The minimum absolute atomic E-state index is 0.0606. The van der Waals surface area contributed by atoms with Gasteiger partial charge in [-0.05, 0) is 25.8 Å². The monoisotopic (exact) mass is 355 g/mol. The fraction of sp³-hybridized carbons (Fsp3) is 0.600. The fourth-order valence-electron chi connectivity index (χ4n) is 3.16. The first-order valence-electron chi connectivity index (χ1n) is 7.77. The van der Waals surface area contributed by atoms with Gasteiger partial charge in [0, 0.05) is 25.0 Å². The van der Waals surface area contributed by atoms with Crippen LogP contribution in [0.4, 0.5) is 0 Å². The molecular weight excluding hydrogens is 334 g/mol. The maximum Gasteiger partial charge on any atom is 0.264 e. The normalized spacial score (nSPS) is 20.2. The van der Waals surface area contributed by atoms with E-state index in [4.69, 9.17) is 0 Å². The molecule has 0 saturated carbocycles. The van der Waals surface area contributed by atoms with E-state index in [2.05, 4.69) is 5.10 Å². The van der Waals surface area contributed by atoms with Gasteiger partial charge in [-0.2, -0.15) is 5.10 Å². The maximum atomic E-state index is 12.9. The third-order valence-electron chi connectivity index (χ3n) is 4.28. The number of sulfone groups is 1. The van der Waals surface area contributed by atoms with Crippen LogP contribution in [0.3, 0.4) is 0 Å². The van der Waals surface area contributed by atoms with Gasteiger partial charge in [0.05, 0.1) is 22.1 Å². The number of fused-ring (bicyclic) bond motifs is 1. The number of carbonyl (C=O) groups is 1. The van der Waals surface area contributed by atoms with Crippen molar-refractivity contribution in [3.05, 3.63) is 16.6 Å². The van der Waals surface area contributed by atoms with E-state index < -0.39 is 9.84 Å². The standard InChI is InChI=1S/C15H21N3O3S2/c1-4-6-18(11-5-7-23(20,21)9-11)14(19)13-8-12-10(2)16-17(3)15(12)22-13/h8,11H,4-7,9H2,1-3H3. The van der Waals surface area contributed by atoms with E-state index in [1.165, 1.54) is 11.3 Å². The number of hydrogen-bond acceptors (Lipinski definition) is 5. The van der Waals surface area contributed by atoms with Crippen molar-refractivity contribution in [1.82, 2.24) is 14.7 Å². The fourth-order valence-corrected chi connectivity index (χ4v) is 5.97. The van der Waals surface area contributed by atoms with Gasteiger partial charge in [0.2, 0.25) is 0 Å². The van der Waals surface area contributed by atoms with Crippen LogP contribution < -0.4 is 0 Å². The Hall–Kier alpha value is -1.41. The second-order valence-electron chi connectivity index (χ2n) is 6.09. The minimum atomic E-state index is -3.01. The summed E-state index contributed by atoms with van der Waals surface area (Å²) in [5.41, 5.74) is 0.906. The molecule has 1 unspecified atom stereocenters. The van der Waals surface area contributed by atoms with Crippen molar-refractivity contribution in [3.8, 4) is 0 Å². The molecule has 0 radical (unpaired) electrons. The van der Waals surface area contributed by atoms with Gasteiger partial charge in [0.25, 0.3) is 5.91 Å². The molecule has 8 heteroatoms. The first-order chi connectivity index (χ1) is 10.8. The molecule has 1 amide bonds. The highest BCUT2D eigenvalue weighted by Crippen LogP contribution is 2.30. The predicted octanol–water partition coefficient (Wildman–Crippen LogP) is 1.98. The maximum absolute atomic E-state index is 12.9. The predicted molar refractivity (Wildman–Crippen MR) is 91.7 cm³/mol. The number of rotatable bonds is 4. The Morgan fingerprint density at radius 3 is 2.83 bits per heavy atom. The number of hydrogen-bond donors (Lipinski definition) is 0. The van der Waals surface area contributed by atoms with Crippen LogP contribution >= 0.6 is 11.3 Å². The lowest BCUT2D eigenvalue weighted by molar-refractivity contribution is 0.0702. The molecule has 0 aromatic carbocycles. The van der Waals surface area contributed by atoms with Crippen LogP contribution in [0.5, 0.6) is 0 Å². The van der Waals surface area contributed by atoms with E-state index in [-0.39, 0.29) is 23.5 Å². The second-order valence-corrected chi connectivity index (χ2v) is 9.35. The lowest BCUT2D eigenvalue weighted by atomic mass is 10.2. The van der Waals surface area contributed by atoms with Crippen LogP contribution in [0.15, 0.2) is 6.07 Å². The molecule has 0 N–H and O–H groups in total. The molecule has 3 rings (SSSR count). The smallest absolute Gasteiger partial charge is 0.264 e. The van der Waals surface area contributed by atoms with E-state index in [0.717, 1.165) is 22.3 Å². The first-order valence-corrected chi connectivity index (χ1v) is 10.4. The highest BCUT2D eigenvalue weighted by molar-refractivity contribution is 7.91. The summed E-state index contributed by atoms with van der Waals surface area (Å²) in [6, 6.07) is 1.69. The molecule has 126 valence electrons. The Morgan fingerprint density at radius 1 is 1.52 bits per heavy atom. The summed E-state index contributed by atoms with van der Waals surface area (Å²) in [6.45, 7) is 4.52. The number of thiophene rings is 1. The van der Waals surface area contributed by atoms with Crippen molar-refractivity contribution in [2.75, 3.05) is 18.1 Å². The topological polar surface area (TPSA) is 72.3 Å². The number of aromatic nitrogens is 2. The summed E-state index contributed by atoms with van der Waals surface area (Å²) >= 11 is 1.43. The number of nitrogens with zero attached hydrogens (tertiary/aromatic N) is 3. The van der Waals surface area contributed by atoms with E-state index in [1.807, 2.05) is 27.0 Å². The Kier molecular flexibility index (Phi) is 4.22. The van der Waals surface area contributed by atoms with Crippen LogP contribution in [-0.2, 0) is 16.9 Å². The van der Waals surface area contributed by atoms with Crippen molar-refractivity contribution in [1.29, 1.82) is 0 Å². The second kappa shape index (κ2) is 5.90. The number of carbonyl (C=O) groups excluding carboxylic acids is 1. The van der Waals surface area contributed by atoms with Gasteiger partial charge < -0.3 is 4.90 Å². The molecule has 23 heavy (non-hydrogen) atoms. The minimum Gasteiger partial charge on any atom is -0.334 e. The lowest BCUT2D eigenvalue weighted by Crippen LogP contribution is -2.41. The van der Waals surface area contributed by atoms with E-state index in [0.29, 0.717) is 17.8 Å². The largest absolute Gasteiger partial charge is 0.334 e. The highest BCUT2D eigenvalue weighted by Gasteiger charge is 2.35. The van der Waals surface area contributed by atoms with Crippen LogP contribution in [0.1, 0.15) is 35.1 Å². The van der Waals surface area contributed by atoms with Gasteiger partial charge >= 0.3 is 0 Å². The molecule has 0 spiro atoms. The third kappa shape index (κ3) is 3.01. The Labute approximate surface area is 140 Å². The van der Waals surface area contributed by atoms with Crippen LogP contribution in [-0.4, -0.2) is 53.1 Å². The summed E-state index contributed by atoms with van der Waals surface area (Å²) in [6.07, 6.45) is 1.35. The average molecular weight is 355 g/mol. The number of aryl methyl sites for hydroxylation is 2. The molecule has 0 aliphatic carbocycles. The van der Waals surface area contributed by atoms with Crippen LogP contribution in [0.25, 0.3) is 10.2 Å². The van der Waals surface area contributed by atoms with Crippen molar-refractivity contribution in [2.45, 2.75) is 32.7 Å². The van der Waals surface area contributed by atoms with Gasteiger partial charge in [-0.1, -0.05) is 6.92 Å². The molecule has 6 nitrogen and oxygen atoms in total. The molecule has 1 aliphatic heterocycles. The molecule has 1 saturated heterocycles. The van der Waals surface area contributed by atoms with Gasteiger partial charge in [-0.3, -0.25) is 9.48 Å². The highest BCUT2D eigenvalue weighted by atomic mass is 32.2. The Morgan fingerprint density at radius 2 is 2.26 bits per heavy atom. The summed E-state index contributed by atoms with van der Waals surface area (Å²) in [4.78, 5) is 16.3. The van der Waals surface area contributed by atoms with Crippen molar-refractivity contribution in [2.24, 2.45) is 7.05 Å². The van der Waals surface area contributed by atoms with Crippen molar-refractivity contribution < 1.29 is 13.2 Å². The Bertz CT molecular complexity index is 816. The zero-order valence-corrected chi connectivity index (χ0v) is 15.2. The van der Waals surface area contributed by atoms with Crippen molar-refractivity contribution in [3.63, 3.8) is 0 Å². The van der Waals surface area contributed by atoms with Gasteiger partial charge in [0.1, 0.15) is 4.83 Å². The van der Waals surface area contributed by atoms with Gasteiger partial charge in [-0.25, -0.2) is 8.42 Å². The zero-order chi connectivity index (χ0) is 16.8. The molecule has 0 bridgehead atoms. The number of amides is 1. The molecule has 2 aromatic rings. The SMILES string of the molecule is CCCN(C(=O)c1cc2c(C)nn(C)c2s1)C1CCS(=O)(=O)C1. The van der Waals surface area contributed by atoms with E-state index in [1.54, 1.807) is 9.58 Å². The molecule has 1 atom stereocenters. The Balaban J connectivity index is 1.92. The molecule has 3 heterocycles. The van der Waals surface area contributed by atoms with Crippen LogP contribution in [0, 0.1) is 6.92 Å². The van der Waals surface area contributed by atoms with Crippen molar-refractivity contribution >= 4 is 37.3 Å². The van der Waals surface area contributed by atoms with Crippen LogP contribution in [0.2, 0.25) is 0 Å². The first kappa shape index (κ1) is 16.4. The average Bonchev–Trinajstić information content (AvgIpc) is 3.13. The molecular formula is C15H21N3O3S2. The summed E-state index contributed by atoms with van der Waals surface area (Å²) < 4.78 is 25.3. The zero-order valence-electron chi connectivity index (χ0n) is 13.6. The van der Waals surface area contributed by atoms with Gasteiger partial charge in [0.15, 0.2) is 9.84 Å². The van der Waals surface area contributed by atoms with E-state index in [9.17, 15) is 13.2 Å². The van der Waals surface area contributed by atoms with E-state index >= 15 is 0 Å². The van der Waals surface area contributed by atoms with Gasteiger partial charge in [-0.15, -0.1) is 11.3 Å². The third-order valence-corrected chi connectivity index (χ3v) is 7.22.